The van der Waals surface area contributed by atoms with Crippen LogP contribution in [0.25, 0.3) is 0 Å². The maximum atomic E-state index is 13.0. The van der Waals surface area contributed by atoms with E-state index in [1.165, 1.54) is 11.1 Å². The number of benzene rings is 1. The van der Waals surface area contributed by atoms with Crippen LogP contribution in [0.4, 0.5) is 0 Å². The van der Waals surface area contributed by atoms with Crippen LogP contribution in [0.5, 0.6) is 0 Å². The van der Waals surface area contributed by atoms with Crippen molar-refractivity contribution in [3.8, 4) is 0 Å². The number of fused-ring (bicyclic) bond motifs is 1. The van der Waals surface area contributed by atoms with Crippen molar-refractivity contribution in [2.24, 2.45) is 16.7 Å². The highest BCUT2D eigenvalue weighted by Gasteiger charge is 2.68. The van der Waals surface area contributed by atoms with Gasteiger partial charge in [-0.1, -0.05) is 52.0 Å². The van der Waals surface area contributed by atoms with E-state index in [0.29, 0.717) is 5.78 Å². The molecule has 19 heavy (non-hydrogen) atoms. The molecule has 1 heteroatoms. The number of hydrogen-bond acceptors (Lipinski definition) is 1. The van der Waals surface area contributed by atoms with E-state index < -0.39 is 0 Å². The maximum absolute atomic E-state index is 13.0. The van der Waals surface area contributed by atoms with E-state index in [4.69, 9.17) is 0 Å². The Morgan fingerprint density at radius 3 is 2.37 bits per heavy atom. The summed E-state index contributed by atoms with van der Waals surface area (Å²) in [5, 5.41) is 0. The highest BCUT2D eigenvalue weighted by atomic mass is 16.1. The van der Waals surface area contributed by atoms with Gasteiger partial charge in [-0.2, -0.15) is 0 Å². The summed E-state index contributed by atoms with van der Waals surface area (Å²) >= 11 is 0. The topological polar surface area (TPSA) is 17.1 Å². The lowest BCUT2D eigenvalue weighted by molar-refractivity contribution is -0.123. The molecule has 0 bridgehead atoms. The lowest BCUT2D eigenvalue weighted by atomic mass is 9.78. The number of hydrogen-bond donors (Lipinski definition) is 0. The summed E-state index contributed by atoms with van der Waals surface area (Å²) in [6.45, 7) is 8.96. The molecule has 1 aromatic rings. The summed E-state index contributed by atoms with van der Waals surface area (Å²) in [5.41, 5.74) is 3.02. The minimum atomic E-state index is 0.149. The van der Waals surface area contributed by atoms with Crippen LogP contribution < -0.4 is 0 Å². The molecule has 2 aliphatic carbocycles. The zero-order chi connectivity index (χ0) is 13.8. The SMILES string of the molecule is CC1(C)C(C(=O)C2CCCc3ccccc32)C1(C)C. The number of ketones is 1. The lowest BCUT2D eigenvalue weighted by Crippen LogP contribution is -2.22. The average Bonchev–Trinajstić information content (AvgIpc) is 2.78. The van der Waals surface area contributed by atoms with E-state index in [9.17, 15) is 4.79 Å². The largest absolute Gasteiger partial charge is 0.299 e. The third kappa shape index (κ3) is 1.70. The molecule has 0 amide bonds. The monoisotopic (exact) mass is 256 g/mol. The molecule has 0 saturated heterocycles. The van der Waals surface area contributed by atoms with Gasteiger partial charge in [0.05, 0.1) is 0 Å². The van der Waals surface area contributed by atoms with E-state index in [1.54, 1.807) is 0 Å². The van der Waals surface area contributed by atoms with Crippen LogP contribution in [0, 0.1) is 16.7 Å². The molecule has 1 saturated carbocycles. The fourth-order valence-corrected chi connectivity index (χ4v) is 4.16. The van der Waals surface area contributed by atoms with Crippen LogP contribution in [0.1, 0.15) is 57.6 Å². The van der Waals surface area contributed by atoms with Gasteiger partial charge in [0.15, 0.2) is 0 Å². The summed E-state index contributed by atoms with van der Waals surface area (Å²) in [7, 11) is 0. The van der Waals surface area contributed by atoms with Crippen LogP contribution in [-0.2, 0) is 11.2 Å². The second-order valence-corrected chi connectivity index (χ2v) is 7.42. The fraction of sp³-hybridized carbons (Fsp3) is 0.611. The summed E-state index contributed by atoms with van der Waals surface area (Å²) in [5.74, 6) is 0.870. The molecular formula is C18H24O. The predicted molar refractivity (Wildman–Crippen MR) is 78.2 cm³/mol. The Hall–Kier alpha value is -1.11. The van der Waals surface area contributed by atoms with Gasteiger partial charge in [-0.25, -0.2) is 0 Å². The lowest BCUT2D eigenvalue weighted by Gasteiger charge is -2.25. The molecular weight excluding hydrogens is 232 g/mol. The molecule has 1 nitrogen and oxygen atoms in total. The molecule has 1 atom stereocenters. The van der Waals surface area contributed by atoms with Crippen molar-refractivity contribution >= 4 is 5.78 Å². The standard InChI is InChI=1S/C18H24O/c1-17(2)16(18(17,3)4)15(19)14-11-7-9-12-8-5-6-10-13(12)14/h5-6,8,10,14,16H,7,9,11H2,1-4H3. The molecule has 0 aliphatic heterocycles. The molecule has 0 spiro atoms. The number of carbonyl (C=O) groups is 1. The van der Waals surface area contributed by atoms with Gasteiger partial charge in [-0.05, 0) is 41.2 Å². The molecule has 0 heterocycles. The zero-order valence-electron chi connectivity index (χ0n) is 12.5. The summed E-state index contributed by atoms with van der Waals surface area (Å²) in [4.78, 5) is 13.0. The quantitative estimate of drug-likeness (QED) is 0.768. The number of Topliss-reactive ketones (excluding diaryl/α,β-unsaturated/α-hetero) is 1. The van der Waals surface area contributed by atoms with Crippen LogP contribution in [-0.4, -0.2) is 5.78 Å². The molecule has 102 valence electrons. The number of rotatable bonds is 2. The van der Waals surface area contributed by atoms with E-state index in [-0.39, 0.29) is 22.7 Å². The van der Waals surface area contributed by atoms with Crippen LogP contribution >= 0.6 is 0 Å². The van der Waals surface area contributed by atoms with E-state index >= 15 is 0 Å². The highest BCUT2D eigenvalue weighted by molar-refractivity contribution is 5.92. The Kier molecular flexibility index (Phi) is 2.68. The Labute approximate surface area is 116 Å². The molecule has 3 rings (SSSR count). The van der Waals surface area contributed by atoms with Crippen molar-refractivity contribution in [2.75, 3.05) is 0 Å². The zero-order valence-corrected chi connectivity index (χ0v) is 12.5. The van der Waals surface area contributed by atoms with Crippen molar-refractivity contribution in [1.82, 2.24) is 0 Å². The van der Waals surface area contributed by atoms with E-state index in [1.807, 2.05) is 0 Å². The molecule has 1 aromatic carbocycles. The minimum Gasteiger partial charge on any atom is -0.299 e. The van der Waals surface area contributed by atoms with Gasteiger partial charge >= 0.3 is 0 Å². The molecule has 0 N–H and O–H groups in total. The van der Waals surface area contributed by atoms with Gasteiger partial charge < -0.3 is 0 Å². The third-order valence-electron chi connectivity index (χ3n) is 6.02. The minimum absolute atomic E-state index is 0.149. The first-order valence-corrected chi connectivity index (χ1v) is 7.49. The Bertz CT molecular complexity index is 510. The van der Waals surface area contributed by atoms with Crippen LogP contribution in [0.3, 0.4) is 0 Å². The van der Waals surface area contributed by atoms with Gasteiger partial charge in [0, 0.05) is 11.8 Å². The van der Waals surface area contributed by atoms with Crippen molar-refractivity contribution in [1.29, 1.82) is 0 Å². The molecule has 0 aromatic heterocycles. The highest BCUT2D eigenvalue weighted by Crippen LogP contribution is 2.69. The molecule has 1 unspecified atom stereocenters. The van der Waals surface area contributed by atoms with Gasteiger partial charge in [0.2, 0.25) is 0 Å². The van der Waals surface area contributed by atoms with Crippen molar-refractivity contribution in [3.05, 3.63) is 35.4 Å². The fourth-order valence-electron chi connectivity index (χ4n) is 4.16. The van der Waals surface area contributed by atoms with E-state index in [0.717, 1.165) is 19.3 Å². The van der Waals surface area contributed by atoms with Crippen LogP contribution in [0.15, 0.2) is 24.3 Å². The Morgan fingerprint density at radius 1 is 1.11 bits per heavy atom. The smallest absolute Gasteiger partial charge is 0.144 e. The summed E-state index contributed by atoms with van der Waals surface area (Å²) in [6.07, 6.45) is 3.33. The van der Waals surface area contributed by atoms with Crippen molar-refractivity contribution in [2.45, 2.75) is 52.9 Å². The molecule has 0 radical (unpaired) electrons. The average molecular weight is 256 g/mol. The first-order valence-electron chi connectivity index (χ1n) is 7.49. The van der Waals surface area contributed by atoms with Gasteiger partial charge in [-0.15, -0.1) is 0 Å². The first-order chi connectivity index (χ1) is 8.87. The van der Waals surface area contributed by atoms with Gasteiger partial charge in [-0.3, -0.25) is 4.79 Å². The predicted octanol–water partition coefficient (Wildman–Crippen LogP) is 4.36. The second kappa shape index (κ2) is 3.94. The van der Waals surface area contributed by atoms with E-state index in [2.05, 4.69) is 52.0 Å². The third-order valence-corrected chi connectivity index (χ3v) is 6.02. The maximum Gasteiger partial charge on any atom is 0.144 e. The summed E-state index contributed by atoms with van der Waals surface area (Å²) < 4.78 is 0. The van der Waals surface area contributed by atoms with Crippen LogP contribution in [0.2, 0.25) is 0 Å². The first kappa shape index (κ1) is 12.9. The molecule has 2 aliphatic rings. The van der Waals surface area contributed by atoms with Crippen molar-refractivity contribution in [3.63, 3.8) is 0 Å². The number of aryl methyl sites for hydroxylation is 1. The summed E-state index contributed by atoms with van der Waals surface area (Å²) in [6, 6.07) is 8.53. The van der Waals surface area contributed by atoms with Crippen molar-refractivity contribution < 1.29 is 4.79 Å². The second-order valence-electron chi connectivity index (χ2n) is 7.42. The number of carbonyl (C=O) groups excluding carboxylic acids is 1. The van der Waals surface area contributed by atoms with Gasteiger partial charge in [0.25, 0.3) is 0 Å². The normalized spacial score (nSPS) is 27.7. The van der Waals surface area contributed by atoms with Gasteiger partial charge in [0.1, 0.15) is 5.78 Å². The Balaban J connectivity index is 1.92. The molecule has 1 fully saturated rings. The Morgan fingerprint density at radius 2 is 1.74 bits per heavy atom.